The Bertz CT molecular complexity index is 810. The zero-order valence-electron chi connectivity index (χ0n) is 11.5. The van der Waals surface area contributed by atoms with Crippen LogP contribution < -0.4 is 10.6 Å². The van der Waals surface area contributed by atoms with Crippen molar-refractivity contribution in [1.82, 2.24) is 14.9 Å². The summed E-state index contributed by atoms with van der Waals surface area (Å²) in [5.74, 6) is -1.39. The van der Waals surface area contributed by atoms with E-state index in [1.807, 2.05) is 0 Å². The summed E-state index contributed by atoms with van der Waals surface area (Å²) < 4.78 is 3.59. The SMILES string of the molecule is CNC(=O)c1nnsc1C(=[N+]=[N-])C(=O)Nc1c(Cl)cccc1Cl. The van der Waals surface area contributed by atoms with Crippen molar-refractivity contribution in [3.05, 3.63) is 44.3 Å². The van der Waals surface area contributed by atoms with E-state index in [9.17, 15) is 9.59 Å². The molecule has 0 aliphatic carbocycles. The minimum atomic E-state index is -0.821. The highest BCUT2D eigenvalue weighted by atomic mass is 35.5. The molecule has 2 rings (SSSR count). The van der Waals surface area contributed by atoms with Gasteiger partial charge >= 0.3 is 11.6 Å². The Kier molecular flexibility index (Phi) is 5.41. The molecule has 118 valence electrons. The van der Waals surface area contributed by atoms with Crippen LogP contribution >= 0.6 is 34.7 Å². The normalized spacial score (nSPS) is 9.87. The molecule has 0 aliphatic heterocycles. The van der Waals surface area contributed by atoms with E-state index in [0.717, 1.165) is 11.5 Å². The van der Waals surface area contributed by atoms with E-state index < -0.39 is 17.5 Å². The fraction of sp³-hybridized carbons (Fsp3) is 0.0833. The molecule has 0 saturated heterocycles. The second kappa shape index (κ2) is 7.30. The van der Waals surface area contributed by atoms with Crippen LogP contribution in [0.5, 0.6) is 0 Å². The molecule has 0 fully saturated rings. The van der Waals surface area contributed by atoms with Gasteiger partial charge in [-0.15, -0.1) is 5.10 Å². The van der Waals surface area contributed by atoms with Crippen LogP contribution in [0, 0.1) is 0 Å². The molecule has 8 nitrogen and oxygen atoms in total. The summed E-state index contributed by atoms with van der Waals surface area (Å²) in [4.78, 5) is 26.9. The number of carbonyl (C=O) groups excluding carboxylic acids is 2. The molecule has 0 saturated carbocycles. The number of rotatable bonds is 4. The maximum absolute atomic E-state index is 12.3. The van der Waals surface area contributed by atoms with E-state index in [1.165, 1.54) is 19.2 Å². The lowest BCUT2D eigenvalue weighted by Crippen LogP contribution is -2.28. The van der Waals surface area contributed by atoms with Crippen LogP contribution in [-0.4, -0.2) is 39.0 Å². The van der Waals surface area contributed by atoms with Crippen molar-refractivity contribution in [1.29, 1.82) is 0 Å². The summed E-state index contributed by atoms with van der Waals surface area (Å²) in [7, 11) is 1.39. The average molecular weight is 371 g/mol. The third-order valence-corrected chi connectivity index (χ3v) is 4.02. The van der Waals surface area contributed by atoms with Crippen molar-refractivity contribution in [3.8, 4) is 0 Å². The van der Waals surface area contributed by atoms with Crippen molar-refractivity contribution in [3.63, 3.8) is 0 Å². The molecule has 1 heterocycles. The lowest BCUT2D eigenvalue weighted by atomic mass is 10.2. The van der Waals surface area contributed by atoms with Crippen molar-refractivity contribution in [2.24, 2.45) is 0 Å². The molecule has 11 heteroatoms. The zero-order valence-corrected chi connectivity index (χ0v) is 13.8. The quantitative estimate of drug-likeness (QED) is 0.484. The van der Waals surface area contributed by atoms with Crippen LogP contribution in [0.3, 0.4) is 0 Å². The predicted molar refractivity (Wildman–Crippen MR) is 86.1 cm³/mol. The second-order valence-electron chi connectivity index (χ2n) is 4.03. The van der Waals surface area contributed by atoms with Crippen molar-refractivity contribution in [2.45, 2.75) is 0 Å². The first kappa shape index (κ1) is 17.0. The summed E-state index contributed by atoms with van der Waals surface area (Å²) in [6, 6.07) is 4.67. The number of para-hydroxylation sites is 1. The van der Waals surface area contributed by atoms with E-state index >= 15 is 0 Å². The highest BCUT2D eigenvalue weighted by Gasteiger charge is 2.32. The lowest BCUT2D eigenvalue weighted by Gasteiger charge is -2.06. The number of aromatic nitrogens is 2. The Morgan fingerprint density at radius 3 is 2.52 bits per heavy atom. The van der Waals surface area contributed by atoms with Crippen molar-refractivity contribution in [2.75, 3.05) is 12.4 Å². The largest absolute Gasteiger partial charge is 0.400 e. The first-order chi connectivity index (χ1) is 11.0. The molecule has 0 bridgehead atoms. The van der Waals surface area contributed by atoms with Gasteiger partial charge in [0.05, 0.1) is 15.7 Å². The third kappa shape index (κ3) is 3.54. The summed E-state index contributed by atoms with van der Waals surface area (Å²) in [5.41, 5.74) is 8.73. The monoisotopic (exact) mass is 370 g/mol. The fourth-order valence-electron chi connectivity index (χ4n) is 1.60. The number of nitrogens with one attached hydrogen (secondary N) is 2. The molecule has 0 radical (unpaired) electrons. The van der Waals surface area contributed by atoms with Gasteiger partial charge in [-0.2, -0.15) is 4.79 Å². The highest BCUT2D eigenvalue weighted by Crippen LogP contribution is 2.30. The lowest BCUT2D eigenvalue weighted by molar-refractivity contribution is -0.114. The second-order valence-corrected chi connectivity index (χ2v) is 5.60. The molecule has 1 aromatic carbocycles. The van der Waals surface area contributed by atoms with Gasteiger partial charge in [0.2, 0.25) is 0 Å². The first-order valence-corrected chi connectivity index (χ1v) is 7.54. The van der Waals surface area contributed by atoms with Gasteiger partial charge < -0.3 is 16.2 Å². The molecular weight excluding hydrogens is 363 g/mol. The Labute approximate surface area is 144 Å². The van der Waals surface area contributed by atoms with Gasteiger partial charge in [0.25, 0.3) is 5.91 Å². The standard InChI is InChI=1S/C12H8Cl2N6O2S/c1-16-11(21)9-10(23-20-19-9)8(18-15)12(22)17-7-5(13)3-2-4-6(7)14/h2-4H,1H3,(H,16,21)(H,17,22). The van der Waals surface area contributed by atoms with Crippen LogP contribution in [0.2, 0.25) is 10.0 Å². The molecule has 2 amide bonds. The van der Waals surface area contributed by atoms with Gasteiger partial charge in [-0.3, -0.25) is 9.59 Å². The molecule has 2 N–H and O–H groups in total. The van der Waals surface area contributed by atoms with Gasteiger partial charge in [-0.1, -0.05) is 33.8 Å². The minimum Gasteiger partial charge on any atom is -0.360 e. The number of nitrogens with zero attached hydrogens (tertiary/aromatic N) is 4. The van der Waals surface area contributed by atoms with Crippen LogP contribution in [0.1, 0.15) is 15.4 Å². The Morgan fingerprint density at radius 1 is 1.30 bits per heavy atom. The summed E-state index contributed by atoms with van der Waals surface area (Å²) in [5, 5.41) is 8.80. The maximum atomic E-state index is 12.3. The predicted octanol–water partition coefficient (Wildman–Crippen LogP) is 1.86. The molecule has 0 unspecified atom stereocenters. The maximum Gasteiger partial charge on any atom is 0.400 e. The van der Waals surface area contributed by atoms with Crippen LogP contribution in [0.15, 0.2) is 18.2 Å². The molecule has 23 heavy (non-hydrogen) atoms. The number of amides is 2. The summed E-state index contributed by atoms with van der Waals surface area (Å²) in [6.07, 6.45) is 0. The number of hydrogen-bond acceptors (Lipinski definition) is 5. The van der Waals surface area contributed by atoms with E-state index in [0.29, 0.717) is 0 Å². The van der Waals surface area contributed by atoms with E-state index in [4.69, 9.17) is 28.7 Å². The third-order valence-electron chi connectivity index (χ3n) is 2.66. The smallest absolute Gasteiger partial charge is 0.360 e. The Balaban J connectivity index is 2.36. The topological polar surface area (TPSA) is 120 Å². The van der Waals surface area contributed by atoms with Crippen molar-refractivity contribution < 1.29 is 14.4 Å². The summed E-state index contributed by atoms with van der Waals surface area (Å²) >= 11 is 12.7. The zero-order chi connectivity index (χ0) is 17.0. The van der Waals surface area contributed by atoms with Crippen LogP contribution in [-0.2, 0) is 4.79 Å². The van der Waals surface area contributed by atoms with E-state index in [1.54, 1.807) is 6.07 Å². The molecule has 0 atom stereocenters. The first-order valence-electron chi connectivity index (χ1n) is 6.01. The summed E-state index contributed by atoms with van der Waals surface area (Å²) in [6.45, 7) is 0. The Morgan fingerprint density at radius 2 is 1.96 bits per heavy atom. The molecular formula is C12H8Cl2N6O2S. The number of halogens is 2. The van der Waals surface area contributed by atoms with Crippen LogP contribution in [0.4, 0.5) is 5.69 Å². The van der Waals surface area contributed by atoms with Gasteiger partial charge in [0.1, 0.15) is 0 Å². The highest BCUT2D eigenvalue weighted by molar-refractivity contribution is 7.09. The average Bonchev–Trinajstić information content (AvgIpc) is 3.00. The number of anilines is 1. The fourth-order valence-corrected chi connectivity index (χ4v) is 2.73. The minimum absolute atomic E-state index is 0.00697. The molecule has 1 aromatic heterocycles. The number of benzene rings is 1. The number of carbonyl (C=O) groups is 2. The molecule has 0 aliphatic rings. The van der Waals surface area contributed by atoms with Gasteiger partial charge in [-0.25, -0.2) is 0 Å². The Hall–Kier alpha value is -2.32. The van der Waals surface area contributed by atoms with E-state index in [-0.39, 0.29) is 26.3 Å². The molecule has 0 spiro atoms. The van der Waals surface area contributed by atoms with Gasteiger partial charge in [0, 0.05) is 7.05 Å². The van der Waals surface area contributed by atoms with Gasteiger partial charge in [-0.05, 0) is 23.7 Å². The van der Waals surface area contributed by atoms with Crippen LogP contribution in [0.25, 0.3) is 5.53 Å². The van der Waals surface area contributed by atoms with Crippen molar-refractivity contribution >= 4 is 57.9 Å². The molecule has 2 aromatic rings. The van der Waals surface area contributed by atoms with Gasteiger partial charge in [0.15, 0.2) is 10.6 Å². The number of hydrogen-bond donors (Lipinski definition) is 2. The van der Waals surface area contributed by atoms with E-state index in [2.05, 4.69) is 25.0 Å².